The monoisotopic (exact) mass is 279 g/mol. The molecule has 2 atom stereocenters. The lowest BCUT2D eigenvalue weighted by atomic mass is 10.1. The number of anilines is 1. The molecule has 1 saturated carbocycles. The van der Waals surface area contributed by atoms with Gasteiger partial charge in [0.15, 0.2) is 0 Å². The molecule has 0 aliphatic heterocycles. The fraction of sp³-hybridized carbons (Fsp3) is 0.643. The van der Waals surface area contributed by atoms with E-state index in [9.17, 15) is 4.79 Å². The second-order valence-electron chi connectivity index (χ2n) is 5.91. The van der Waals surface area contributed by atoms with Gasteiger partial charge in [-0.05, 0) is 31.6 Å². The van der Waals surface area contributed by atoms with Crippen LogP contribution in [-0.2, 0) is 11.2 Å². The van der Waals surface area contributed by atoms with E-state index in [1.165, 1.54) is 16.9 Å². The molecular formula is C14H21N3OS. The number of allylic oxidation sites excluding steroid dienone is 2. The van der Waals surface area contributed by atoms with Crippen LogP contribution in [0.4, 0.5) is 5.13 Å². The molecule has 1 aliphatic rings. The summed E-state index contributed by atoms with van der Waals surface area (Å²) in [6.07, 6.45) is 3.05. The highest BCUT2D eigenvalue weighted by atomic mass is 32.1. The zero-order chi connectivity index (χ0) is 14.2. The van der Waals surface area contributed by atoms with Gasteiger partial charge in [-0.1, -0.05) is 43.8 Å². The second-order valence-corrected chi connectivity index (χ2v) is 6.97. The van der Waals surface area contributed by atoms with Gasteiger partial charge in [0, 0.05) is 0 Å². The van der Waals surface area contributed by atoms with Gasteiger partial charge in [0.05, 0.1) is 5.92 Å². The van der Waals surface area contributed by atoms with E-state index in [2.05, 4.69) is 49.3 Å². The summed E-state index contributed by atoms with van der Waals surface area (Å²) >= 11 is 1.45. The van der Waals surface area contributed by atoms with E-state index in [1.54, 1.807) is 0 Å². The highest BCUT2D eigenvalue weighted by molar-refractivity contribution is 7.15. The number of amides is 1. The standard InChI is InChI=1S/C14H21N3OS/c1-6-10-16-17-13(19-10)15-12(18)11-9(7-8(2)3)14(11,4)5/h7,9,11H,6H2,1-5H3,(H,15,17,18). The Morgan fingerprint density at radius 1 is 1.42 bits per heavy atom. The summed E-state index contributed by atoms with van der Waals surface area (Å²) in [5, 5.41) is 12.5. The number of carbonyl (C=O) groups excluding carboxylic acids is 1. The Morgan fingerprint density at radius 2 is 2.11 bits per heavy atom. The molecule has 0 radical (unpaired) electrons. The van der Waals surface area contributed by atoms with E-state index < -0.39 is 0 Å². The van der Waals surface area contributed by atoms with Crippen molar-refractivity contribution in [3.63, 3.8) is 0 Å². The van der Waals surface area contributed by atoms with Crippen LogP contribution in [0.3, 0.4) is 0 Å². The van der Waals surface area contributed by atoms with Crippen LogP contribution in [0.15, 0.2) is 11.6 Å². The van der Waals surface area contributed by atoms with Crippen molar-refractivity contribution in [3.8, 4) is 0 Å². The number of nitrogens with zero attached hydrogens (tertiary/aromatic N) is 2. The van der Waals surface area contributed by atoms with E-state index in [-0.39, 0.29) is 17.2 Å². The van der Waals surface area contributed by atoms with Gasteiger partial charge in [-0.3, -0.25) is 4.79 Å². The van der Waals surface area contributed by atoms with Crippen LogP contribution in [0.2, 0.25) is 0 Å². The minimum absolute atomic E-state index is 0.0383. The molecule has 2 rings (SSSR count). The fourth-order valence-electron chi connectivity index (χ4n) is 2.48. The number of rotatable bonds is 4. The molecule has 104 valence electrons. The van der Waals surface area contributed by atoms with Crippen molar-refractivity contribution in [1.82, 2.24) is 10.2 Å². The van der Waals surface area contributed by atoms with E-state index >= 15 is 0 Å². The quantitative estimate of drug-likeness (QED) is 0.861. The molecule has 0 aromatic carbocycles. The maximum Gasteiger partial charge on any atom is 0.230 e. The summed E-state index contributed by atoms with van der Waals surface area (Å²) in [4.78, 5) is 12.3. The Balaban J connectivity index is 2.03. The summed E-state index contributed by atoms with van der Waals surface area (Å²) in [7, 11) is 0. The van der Waals surface area contributed by atoms with E-state index in [4.69, 9.17) is 0 Å². The molecule has 1 fully saturated rings. The SMILES string of the molecule is CCc1nnc(NC(=O)C2C(C=C(C)C)C2(C)C)s1. The van der Waals surface area contributed by atoms with Crippen LogP contribution in [0.25, 0.3) is 0 Å². The molecule has 0 bridgehead atoms. The molecule has 1 amide bonds. The van der Waals surface area contributed by atoms with Crippen LogP contribution >= 0.6 is 11.3 Å². The molecule has 5 heteroatoms. The first-order valence-corrected chi connectivity index (χ1v) is 7.46. The van der Waals surface area contributed by atoms with Gasteiger partial charge in [0.25, 0.3) is 0 Å². The van der Waals surface area contributed by atoms with Crippen molar-refractivity contribution in [2.75, 3.05) is 5.32 Å². The maximum absolute atomic E-state index is 12.3. The van der Waals surface area contributed by atoms with Gasteiger partial charge < -0.3 is 5.32 Å². The number of aromatic nitrogens is 2. The molecule has 1 aromatic heterocycles. The second kappa shape index (κ2) is 5.04. The van der Waals surface area contributed by atoms with Crippen LogP contribution in [0, 0.1) is 17.3 Å². The molecule has 0 spiro atoms. The van der Waals surface area contributed by atoms with Gasteiger partial charge in [0.1, 0.15) is 5.01 Å². The molecule has 1 aliphatic carbocycles. The average Bonchev–Trinajstić information content (AvgIpc) is 2.70. The van der Waals surface area contributed by atoms with Crippen molar-refractivity contribution >= 4 is 22.4 Å². The lowest BCUT2D eigenvalue weighted by Gasteiger charge is -2.01. The predicted molar refractivity (Wildman–Crippen MR) is 78.1 cm³/mol. The predicted octanol–water partition coefficient (Wildman–Crippen LogP) is 3.28. The van der Waals surface area contributed by atoms with Crippen LogP contribution in [0.1, 0.15) is 39.6 Å². The van der Waals surface area contributed by atoms with Crippen molar-refractivity contribution in [2.45, 2.75) is 41.0 Å². The Kier molecular flexibility index (Phi) is 3.76. The van der Waals surface area contributed by atoms with Crippen molar-refractivity contribution in [3.05, 3.63) is 16.7 Å². The first kappa shape index (κ1) is 14.2. The highest BCUT2D eigenvalue weighted by Crippen LogP contribution is 2.59. The van der Waals surface area contributed by atoms with Crippen LogP contribution < -0.4 is 5.32 Å². The van der Waals surface area contributed by atoms with E-state index in [0.717, 1.165) is 11.4 Å². The zero-order valence-electron chi connectivity index (χ0n) is 12.2. The van der Waals surface area contributed by atoms with Gasteiger partial charge in [-0.25, -0.2) is 0 Å². The third kappa shape index (κ3) is 2.86. The number of aryl methyl sites for hydroxylation is 1. The summed E-state index contributed by atoms with van der Waals surface area (Å²) in [5.74, 6) is 0.429. The molecule has 2 unspecified atom stereocenters. The first-order valence-electron chi connectivity index (χ1n) is 6.64. The summed E-state index contributed by atoms with van der Waals surface area (Å²) in [6, 6.07) is 0. The Morgan fingerprint density at radius 3 is 2.63 bits per heavy atom. The van der Waals surface area contributed by atoms with Crippen LogP contribution in [-0.4, -0.2) is 16.1 Å². The Labute approximate surface area is 118 Å². The minimum Gasteiger partial charge on any atom is -0.300 e. The zero-order valence-corrected chi connectivity index (χ0v) is 13.0. The van der Waals surface area contributed by atoms with Crippen molar-refractivity contribution in [2.24, 2.45) is 17.3 Å². The third-order valence-corrected chi connectivity index (χ3v) is 4.69. The van der Waals surface area contributed by atoms with Crippen molar-refractivity contribution < 1.29 is 4.79 Å². The number of hydrogen-bond donors (Lipinski definition) is 1. The lowest BCUT2D eigenvalue weighted by Crippen LogP contribution is -2.16. The molecule has 1 N–H and O–H groups in total. The van der Waals surface area contributed by atoms with Crippen LogP contribution in [0.5, 0.6) is 0 Å². The minimum atomic E-state index is 0.0383. The maximum atomic E-state index is 12.3. The molecule has 4 nitrogen and oxygen atoms in total. The smallest absolute Gasteiger partial charge is 0.230 e. The summed E-state index contributed by atoms with van der Waals surface area (Å²) in [5.41, 5.74) is 1.30. The Bertz CT molecular complexity index is 515. The molecular weight excluding hydrogens is 258 g/mol. The number of carbonyl (C=O) groups is 1. The molecule has 1 heterocycles. The van der Waals surface area contributed by atoms with Crippen molar-refractivity contribution in [1.29, 1.82) is 0 Å². The average molecular weight is 279 g/mol. The van der Waals surface area contributed by atoms with Gasteiger partial charge >= 0.3 is 0 Å². The largest absolute Gasteiger partial charge is 0.300 e. The van der Waals surface area contributed by atoms with E-state index in [0.29, 0.717) is 11.0 Å². The molecule has 19 heavy (non-hydrogen) atoms. The van der Waals surface area contributed by atoms with E-state index in [1.807, 2.05) is 6.92 Å². The molecule has 0 saturated heterocycles. The summed E-state index contributed by atoms with van der Waals surface area (Å²) < 4.78 is 0. The highest BCUT2D eigenvalue weighted by Gasteiger charge is 2.60. The lowest BCUT2D eigenvalue weighted by molar-refractivity contribution is -0.118. The fourth-order valence-corrected chi connectivity index (χ4v) is 3.16. The number of nitrogens with one attached hydrogen (secondary N) is 1. The van der Waals surface area contributed by atoms with Gasteiger partial charge in [-0.15, -0.1) is 10.2 Å². The summed E-state index contributed by atoms with van der Waals surface area (Å²) in [6.45, 7) is 10.4. The topological polar surface area (TPSA) is 54.9 Å². The third-order valence-electron chi connectivity index (χ3n) is 3.71. The first-order chi connectivity index (χ1) is 8.86. The van der Waals surface area contributed by atoms with Gasteiger partial charge in [0.2, 0.25) is 11.0 Å². The normalized spacial score (nSPS) is 23.8. The van der Waals surface area contributed by atoms with Gasteiger partial charge in [-0.2, -0.15) is 0 Å². The number of hydrogen-bond acceptors (Lipinski definition) is 4. The Hall–Kier alpha value is -1.23. The molecule has 1 aromatic rings.